The van der Waals surface area contributed by atoms with Crippen molar-refractivity contribution in [1.82, 2.24) is 9.80 Å². The predicted octanol–water partition coefficient (Wildman–Crippen LogP) is 2.76. The molecule has 3 saturated carbocycles. The lowest BCUT2D eigenvalue weighted by atomic mass is 9.50. The summed E-state index contributed by atoms with van der Waals surface area (Å²) in [5.41, 5.74) is 0.580. The molecule has 1 saturated heterocycles. The maximum atomic E-state index is 13.0. The van der Waals surface area contributed by atoms with Gasteiger partial charge in [0.2, 0.25) is 5.91 Å². The van der Waals surface area contributed by atoms with E-state index in [0.29, 0.717) is 11.3 Å². The van der Waals surface area contributed by atoms with Gasteiger partial charge in [0, 0.05) is 31.6 Å². The van der Waals surface area contributed by atoms with Crippen LogP contribution in [0.25, 0.3) is 0 Å². The Hall–Kier alpha value is -0.570. The Balaban J connectivity index is 1.68. The summed E-state index contributed by atoms with van der Waals surface area (Å²) in [6.45, 7) is 8.70. The molecule has 0 atom stereocenters. The molecule has 0 spiro atoms. The van der Waals surface area contributed by atoms with Gasteiger partial charge in [-0.2, -0.15) is 0 Å². The van der Waals surface area contributed by atoms with Gasteiger partial charge in [-0.15, -0.1) is 0 Å². The van der Waals surface area contributed by atoms with Crippen LogP contribution in [-0.2, 0) is 4.79 Å². The molecule has 20 heavy (non-hydrogen) atoms. The summed E-state index contributed by atoms with van der Waals surface area (Å²) in [5.74, 6) is 1.27. The Labute approximate surface area is 123 Å². The number of piperazine rings is 1. The molecule has 1 amide bonds. The van der Waals surface area contributed by atoms with E-state index in [0.717, 1.165) is 51.4 Å². The van der Waals surface area contributed by atoms with Gasteiger partial charge in [-0.05, 0) is 56.9 Å². The van der Waals surface area contributed by atoms with Gasteiger partial charge < -0.3 is 9.80 Å². The Morgan fingerprint density at radius 1 is 0.900 bits per heavy atom. The Morgan fingerprint density at radius 2 is 1.40 bits per heavy atom. The molecule has 3 nitrogen and oxygen atoms in total. The molecular formula is C17H30N2O. The zero-order valence-corrected chi connectivity index (χ0v) is 13.5. The fourth-order valence-electron chi connectivity index (χ4n) is 4.75. The normalized spacial score (nSPS) is 38.5. The lowest BCUT2D eigenvalue weighted by molar-refractivity contribution is -0.155. The fraction of sp³-hybridized carbons (Fsp3) is 0.941. The molecule has 0 unspecified atom stereocenters. The fourth-order valence-corrected chi connectivity index (χ4v) is 4.75. The number of amides is 1. The maximum absolute atomic E-state index is 13.0. The van der Waals surface area contributed by atoms with E-state index in [1.807, 2.05) is 0 Å². The smallest absolute Gasteiger partial charge is 0.228 e. The monoisotopic (exact) mass is 278 g/mol. The number of hydrogen-bond donors (Lipinski definition) is 0. The summed E-state index contributed by atoms with van der Waals surface area (Å²) < 4.78 is 0. The van der Waals surface area contributed by atoms with Crippen LogP contribution in [0.4, 0.5) is 0 Å². The van der Waals surface area contributed by atoms with Crippen LogP contribution in [0, 0.1) is 16.7 Å². The molecule has 4 rings (SSSR count). The summed E-state index contributed by atoms with van der Waals surface area (Å²) in [4.78, 5) is 17.5. The van der Waals surface area contributed by atoms with E-state index < -0.39 is 0 Å². The Bertz CT molecular complexity index is 358. The second kappa shape index (κ2) is 5.01. The van der Waals surface area contributed by atoms with E-state index in [2.05, 4.69) is 30.7 Å². The number of rotatable bonds is 2. The van der Waals surface area contributed by atoms with Crippen LogP contribution in [0.5, 0.6) is 0 Å². The van der Waals surface area contributed by atoms with E-state index >= 15 is 0 Å². The molecule has 114 valence electrons. The summed E-state index contributed by atoms with van der Waals surface area (Å²) in [7, 11) is 2.15. The quantitative estimate of drug-likeness (QED) is 0.775. The van der Waals surface area contributed by atoms with E-state index in [4.69, 9.17) is 0 Å². The molecule has 3 aliphatic carbocycles. The summed E-state index contributed by atoms with van der Waals surface area (Å²) in [6, 6.07) is 0. The standard InChI is InChI=1S/C17H30N2O/c1-14(2)16-4-7-17(8-5-16,9-6-16)15(20)19-12-10-18(3)11-13-19/h14H,4-13H2,1-3H3. The molecule has 2 bridgehead atoms. The molecule has 0 N–H and O–H groups in total. The molecule has 0 aromatic carbocycles. The molecule has 4 fully saturated rings. The van der Waals surface area contributed by atoms with Crippen LogP contribution in [0.15, 0.2) is 0 Å². The van der Waals surface area contributed by atoms with Gasteiger partial charge >= 0.3 is 0 Å². The van der Waals surface area contributed by atoms with Gasteiger partial charge in [0.25, 0.3) is 0 Å². The van der Waals surface area contributed by atoms with Crippen molar-refractivity contribution in [3.8, 4) is 0 Å². The van der Waals surface area contributed by atoms with Crippen molar-refractivity contribution in [2.24, 2.45) is 16.7 Å². The average Bonchev–Trinajstić information content (AvgIpc) is 2.49. The van der Waals surface area contributed by atoms with E-state index in [9.17, 15) is 4.79 Å². The van der Waals surface area contributed by atoms with E-state index in [-0.39, 0.29) is 5.41 Å². The number of likely N-dealkylation sites (N-methyl/N-ethyl adjacent to an activating group) is 1. The molecule has 1 aliphatic heterocycles. The highest BCUT2D eigenvalue weighted by atomic mass is 16.2. The topological polar surface area (TPSA) is 23.6 Å². The number of hydrogen-bond acceptors (Lipinski definition) is 2. The molecule has 1 heterocycles. The second-order valence-electron chi connectivity index (χ2n) is 7.89. The zero-order valence-electron chi connectivity index (χ0n) is 13.5. The first kappa shape index (κ1) is 14.4. The summed E-state index contributed by atoms with van der Waals surface area (Å²) >= 11 is 0. The van der Waals surface area contributed by atoms with Gasteiger partial charge in [-0.25, -0.2) is 0 Å². The van der Waals surface area contributed by atoms with Crippen molar-refractivity contribution in [1.29, 1.82) is 0 Å². The lowest BCUT2D eigenvalue weighted by Crippen LogP contribution is -2.56. The van der Waals surface area contributed by atoms with Gasteiger partial charge in [0.05, 0.1) is 0 Å². The lowest BCUT2D eigenvalue weighted by Gasteiger charge is -2.55. The molecule has 0 aromatic rings. The minimum Gasteiger partial charge on any atom is -0.340 e. The number of carbonyl (C=O) groups excluding carboxylic acids is 1. The first-order valence-corrected chi connectivity index (χ1v) is 8.45. The molecule has 0 aromatic heterocycles. The third kappa shape index (κ3) is 2.18. The minimum atomic E-state index is 0.0204. The van der Waals surface area contributed by atoms with Crippen LogP contribution >= 0.6 is 0 Å². The summed E-state index contributed by atoms with van der Waals surface area (Å²) in [6.07, 6.45) is 7.29. The first-order chi connectivity index (χ1) is 9.47. The largest absolute Gasteiger partial charge is 0.340 e. The highest BCUT2D eigenvalue weighted by Gasteiger charge is 2.54. The first-order valence-electron chi connectivity index (χ1n) is 8.45. The molecular weight excluding hydrogens is 248 g/mol. The van der Waals surface area contributed by atoms with Crippen LogP contribution < -0.4 is 0 Å². The van der Waals surface area contributed by atoms with Gasteiger partial charge in [0.1, 0.15) is 0 Å². The average molecular weight is 278 g/mol. The third-order valence-electron chi connectivity index (χ3n) is 6.77. The van der Waals surface area contributed by atoms with Gasteiger partial charge in [0.15, 0.2) is 0 Å². The van der Waals surface area contributed by atoms with E-state index in [1.165, 1.54) is 19.3 Å². The maximum Gasteiger partial charge on any atom is 0.228 e. The van der Waals surface area contributed by atoms with Gasteiger partial charge in [-0.1, -0.05) is 13.8 Å². The van der Waals surface area contributed by atoms with Crippen molar-refractivity contribution < 1.29 is 4.79 Å². The number of nitrogens with zero attached hydrogens (tertiary/aromatic N) is 2. The number of fused-ring (bicyclic) bond motifs is 3. The molecule has 0 radical (unpaired) electrons. The Morgan fingerprint density at radius 3 is 1.85 bits per heavy atom. The van der Waals surface area contributed by atoms with Crippen molar-refractivity contribution in [3.05, 3.63) is 0 Å². The van der Waals surface area contributed by atoms with E-state index in [1.54, 1.807) is 0 Å². The van der Waals surface area contributed by atoms with Crippen LogP contribution in [0.2, 0.25) is 0 Å². The molecule has 4 aliphatic rings. The van der Waals surface area contributed by atoms with Crippen LogP contribution in [-0.4, -0.2) is 48.9 Å². The summed E-state index contributed by atoms with van der Waals surface area (Å²) in [5, 5.41) is 0. The second-order valence-corrected chi connectivity index (χ2v) is 7.89. The highest BCUT2D eigenvalue weighted by Crippen LogP contribution is 2.60. The Kier molecular flexibility index (Phi) is 3.60. The minimum absolute atomic E-state index is 0.0204. The zero-order chi connectivity index (χ0) is 14.4. The van der Waals surface area contributed by atoms with Crippen LogP contribution in [0.1, 0.15) is 52.4 Å². The van der Waals surface area contributed by atoms with Crippen molar-refractivity contribution in [3.63, 3.8) is 0 Å². The van der Waals surface area contributed by atoms with Crippen molar-refractivity contribution in [2.75, 3.05) is 33.2 Å². The molecule has 3 heteroatoms. The third-order valence-corrected chi connectivity index (χ3v) is 6.77. The van der Waals surface area contributed by atoms with Gasteiger partial charge in [-0.3, -0.25) is 4.79 Å². The van der Waals surface area contributed by atoms with Crippen molar-refractivity contribution >= 4 is 5.91 Å². The highest BCUT2D eigenvalue weighted by molar-refractivity contribution is 5.83. The predicted molar refractivity (Wildman–Crippen MR) is 81.5 cm³/mol. The van der Waals surface area contributed by atoms with Crippen LogP contribution in [0.3, 0.4) is 0 Å². The number of carbonyl (C=O) groups is 1. The van der Waals surface area contributed by atoms with Crippen molar-refractivity contribution in [2.45, 2.75) is 52.4 Å². The SMILES string of the molecule is CC(C)C12CCC(C(=O)N3CCN(C)CC3)(CC1)CC2.